The summed E-state index contributed by atoms with van der Waals surface area (Å²) in [6.07, 6.45) is 2.03. The number of fused-ring (bicyclic) bond motifs is 4. The maximum atomic E-state index is 15.8. The van der Waals surface area contributed by atoms with E-state index in [1.807, 2.05) is 26.0 Å². The molecule has 5 aromatic rings. The van der Waals surface area contributed by atoms with Crippen molar-refractivity contribution in [3.8, 4) is 5.75 Å². The third kappa shape index (κ3) is 28.2. The van der Waals surface area contributed by atoms with Crippen LogP contribution in [0.4, 0.5) is 0 Å². The monoisotopic (exact) mass is 1830 g/mol. The number of aromatic hydroxyl groups is 1. The van der Waals surface area contributed by atoms with Crippen LogP contribution in [0, 0.1) is 11.8 Å². The van der Waals surface area contributed by atoms with Crippen molar-refractivity contribution in [2.75, 3.05) is 58.8 Å². The van der Waals surface area contributed by atoms with E-state index in [9.17, 15) is 58.2 Å². The van der Waals surface area contributed by atoms with E-state index in [2.05, 4.69) is 63.1 Å². The molecule has 17 amide bonds. The van der Waals surface area contributed by atoms with E-state index in [4.69, 9.17) is 17.2 Å². The highest BCUT2D eigenvalue weighted by molar-refractivity contribution is 8.00. The number of H-pyrrole nitrogens is 2. The molecule has 3 aromatic carbocycles. The van der Waals surface area contributed by atoms with Crippen LogP contribution in [-0.2, 0) is 101 Å². The number of likely N-dealkylation sites (N-methyl/N-ethyl adjacent to an activating group) is 3. The van der Waals surface area contributed by atoms with Crippen LogP contribution in [0.1, 0.15) is 162 Å². The molecule has 1 unspecified atom stereocenters. The fraction of sp³-hybridized carbons (Fsp3) is 0.567. The zero-order chi connectivity index (χ0) is 95.7. The molecule has 0 aliphatic carbocycles. The summed E-state index contributed by atoms with van der Waals surface area (Å²) >= 11 is 0.806. The molecule has 0 bridgehead atoms. The molecule has 3 aliphatic rings. The Labute approximate surface area is 760 Å². The number of aliphatic hydroxyl groups excluding tert-OH is 1. The lowest BCUT2D eigenvalue weighted by Crippen LogP contribution is -2.63. The van der Waals surface area contributed by atoms with Crippen LogP contribution in [-0.4, -0.2) is 294 Å². The number of para-hydroxylation sites is 2. The van der Waals surface area contributed by atoms with E-state index in [0.717, 1.165) is 26.5 Å². The summed E-state index contributed by atoms with van der Waals surface area (Å²) in [5.74, 6) is -16.6. The van der Waals surface area contributed by atoms with Gasteiger partial charge in [-0.3, -0.25) is 81.5 Å². The minimum atomic E-state index is -1.88. The lowest BCUT2D eigenvalue weighted by Gasteiger charge is -2.36. The first-order chi connectivity index (χ1) is 61.6. The number of benzene rings is 3. The number of hydrogen-bond donors (Lipinski definition) is 17. The van der Waals surface area contributed by atoms with Crippen molar-refractivity contribution in [1.29, 1.82) is 0 Å². The topological polar surface area (TPSA) is 577 Å². The van der Waals surface area contributed by atoms with E-state index in [-0.39, 0.29) is 107 Å². The molecule has 130 heavy (non-hydrogen) atoms. The zero-order valence-electron chi connectivity index (χ0n) is 76.1. The number of rotatable bonds is 23. The van der Waals surface area contributed by atoms with Gasteiger partial charge in [-0.15, -0.1) is 11.8 Å². The summed E-state index contributed by atoms with van der Waals surface area (Å²) < 4.78 is 0. The number of amides is 17. The van der Waals surface area contributed by atoms with Crippen molar-refractivity contribution in [2.45, 2.75) is 255 Å². The fourth-order valence-corrected chi connectivity index (χ4v) is 17.2. The van der Waals surface area contributed by atoms with Gasteiger partial charge in [0.2, 0.25) is 100 Å². The molecule has 0 saturated carbocycles. The quantitative estimate of drug-likeness (QED) is 0.0398. The number of nitrogens with one attached hydrogen (secondary N) is 12. The highest BCUT2D eigenvalue weighted by Gasteiger charge is 2.48. The Morgan fingerprint density at radius 1 is 0.546 bits per heavy atom. The van der Waals surface area contributed by atoms with Gasteiger partial charge in [0.05, 0.1) is 24.8 Å². The molecule has 14 atom stereocenters. The number of aromatic nitrogens is 2. The van der Waals surface area contributed by atoms with Crippen LogP contribution in [0.25, 0.3) is 21.8 Å². The maximum Gasteiger partial charge on any atom is 0.246 e. The first-order valence-corrected chi connectivity index (χ1v) is 45.6. The molecule has 40 heteroatoms. The summed E-state index contributed by atoms with van der Waals surface area (Å²) in [6, 6.07) is 0.885. The number of phenolic OH excluding ortho intramolecular Hbond substituents is 1. The summed E-state index contributed by atoms with van der Waals surface area (Å²) in [4.78, 5) is 261. The predicted molar refractivity (Wildman–Crippen MR) is 485 cm³/mol. The minimum Gasteiger partial charge on any atom is -0.508 e. The number of nitrogens with zero attached hydrogens (tertiary/aromatic N) is 5. The third-order valence-corrected chi connectivity index (χ3v) is 24.7. The number of primary amides is 2. The van der Waals surface area contributed by atoms with Gasteiger partial charge in [-0.2, -0.15) is 0 Å². The van der Waals surface area contributed by atoms with E-state index < -0.39 is 216 Å². The van der Waals surface area contributed by atoms with Crippen LogP contribution in [0.5, 0.6) is 5.75 Å². The number of thioether (sulfide) groups is 1. The average molecular weight is 1830 g/mol. The van der Waals surface area contributed by atoms with Gasteiger partial charge in [-0.25, -0.2) is 0 Å². The predicted octanol–water partition coefficient (Wildman–Crippen LogP) is -0.345. The Hall–Kier alpha value is -12.2. The maximum absolute atomic E-state index is 15.8. The highest BCUT2D eigenvalue weighted by atomic mass is 32.2. The molecule has 39 nitrogen and oxygen atoms in total. The van der Waals surface area contributed by atoms with E-state index in [0.29, 0.717) is 64.2 Å². The number of aromatic amines is 2. The Balaban J connectivity index is 1.19. The van der Waals surface area contributed by atoms with Crippen LogP contribution in [0.2, 0.25) is 0 Å². The average Bonchev–Trinajstić information content (AvgIpc) is 1.61. The molecule has 0 spiro atoms. The van der Waals surface area contributed by atoms with Crippen molar-refractivity contribution in [3.05, 3.63) is 102 Å². The molecule has 3 saturated heterocycles. The van der Waals surface area contributed by atoms with E-state index in [1.54, 1.807) is 76.5 Å². The first-order valence-electron chi connectivity index (χ1n) is 44.4. The second-order valence-corrected chi connectivity index (χ2v) is 36.3. The number of unbranched alkanes of at least 4 members (excludes halogenated alkanes) is 2. The fourth-order valence-electron chi connectivity index (χ4n) is 16.4. The number of carbonyl (C=O) groups is 17. The van der Waals surface area contributed by atoms with E-state index >= 15 is 33.6 Å². The number of hydrogen-bond acceptors (Lipinski definition) is 21. The van der Waals surface area contributed by atoms with Gasteiger partial charge < -0.3 is 115 Å². The Morgan fingerprint density at radius 3 is 1.66 bits per heavy atom. The number of phenols is 1. The molecule has 2 aromatic heterocycles. The number of carbonyl (C=O) groups excluding carboxylic acids is 17. The Bertz CT molecular complexity index is 4880. The normalized spacial score (nSPS) is 25.2. The second-order valence-electron chi connectivity index (χ2n) is 35.3. The van der Waals surface area contributed by atoms with Crippen LogP contribution >= 0.6 is 11.8 Å². The lowest BCUT2D eigenvalue weighted by molar-refractivity contribution is -0.149. The van der Waals surface area contributed by atoms with Gasteiger partial charge in [-0.1, -0.05) is 116 Å². The summed E-state index contributed by atoms with van der Waals surface area (Å²) in [5, 5.41) is 50.0. The van der Waals surface area contributed by atoms with Crippen LogP contribution < -0.4 is 70.4 Å². The molecule has 710 valence electrons. The second kappa shape index (κ2) is 47.9. The van der Waals surface area contributed by atoms with Gasteiger partial charge in [0.1, 0.15) is 89.8 Å². The van der Waals surface area contributed by atoms with Crippen molar-refractivity contribution in [2.24, 2.45) is 29.0 Å². The summed E-state index contributed by atoms with van der Waals surface area (Å²) in [6.45, 7) is 13.4. The lowest BCUT2D eigenvalue weighted by atomic mass is 9.98. The van der Waals surface area contributed by atoms with Gasteiger partial charge in [0.25, 0.3) is 0 Å². The van der Waals surface area contributed by atoms with Gasteiger partial charge in [-0.05, 0) is 125 Å². The van der Waals surface area contributed by atoms with Crippen molar-refractivity contribution >= 4 is 134 Å². The molecule has 8 rings (SSSR count). The van der Waals surface area contributed by atoms with E-state index in [1.165, 1.54) is 76.0 Å². The standard InChI is InChI=1S/C90H130N20O19S/c1-13-15-26-69-81(121)99-62(36-49(3)4)79(119)103-68(77(117)96-45-74(93)114)47-130-48-75(115)97-65(38-52-29-31-55(111)32-30-52)84(124)106(10)51(7)76(116)101-67(42-73(92)113)86(126)109-35-21-28-70(109)83(123)105-90(8,9)89(129)104-64(37-50(5)6)87(127)110-46-56(112)41-72(110)82(122)100-63(39-53-43-94-59-24-19-17-22-57(53)59)80(120)98-61(33-34-91)78(118)102-66(40-54-44-95-60-25-20-18-23-58(54)60)85(125)108(12)71(27-16-14-2)88(128)107(69)11/h17-20,22-25,29-32,43-44,49-51,56,61-72,94-95,111-112H,13-16,21,26-28,33-42,45-48,91H2,1-12H3,(H2,92,113)(H2,93,114)(H,96,117)(H,97,115)(H,98,120)(H,99,121)(H,100,122)(H,101,116)(H,102,118)(H,103,119)(H,104,129)(H,105,123)/t51-,56+,61-,62-,63?,64-,65-,66-,67-,68-,69-,70-,71-,72-/m0/s1. The summed E-state index contributed by atoms with van der Waals surface area (Å²) in [5.41, 5.74) is 18.4. The van der Waals surface area contributed by atoms with Crippen molar-refractivity contribution in [3.63, 3.8) is 0 Å². The number of aliphatic hydroxyl groups is 1. The minimum absolute atomic E-state index is 0.0230. The molecule has 3 fully saturated rings. The Morgan fingerprint density at radius 2 is 1.07 bits per heavy atom. The van der Waals surface area contributed by atoms with Gasteiger partial charge in [0.15, 0.2) is 0 Å². The molecule has 5 heterocycles. The molecule has 3 aliphatic heterocycles. The van der Waals surface area contributed by atoms with Crippen LogP contribution in [0.15, 0.2) is 85.2 Å². The molecular weight excluding hydrogens is 1700 g/mol. The third-order valence-electron chi connectivity index (χ3n) is 23.7. The SMILES string of the molecule is CCCC[C@H]1C(=O)N(C)[C@@H](CCCC)C(=O)N[C@@H](CC(C)C)C(=O)N[C@H](C(=O)NCC(N)=O)CSCC(=O)N[C@@H](Cc2ccc(O)cc2)C(=O)N(C)[C@@H](C)C(=O)N[C@@H](CC(N)=O)C(=O)N2CCC[C@H]2C(=O)NC(C)(C)C(=O)N[C@@H](CC(C)C)C(=O)N2C[C@H](O)C[C@H]2C(=O)NC(Cc2c[nH]c3ccccc23)C(=O)N[C@@H](CCN)C(=O)N[C@@H](Cc2c[nH]c3ccccc23)C(=O)N1C. The first kappa shape index (κ1) is 103. The highest BCUT2D eigenvalue weighted by Crippen LogP contribution is 2.29. The van der Waals surface area contributed by atoms with Crippen molar-refractivity contribution in [1.82, 2.24) is 87.6 Å². The molecule has 20 N–H and O–H groups in total. The Kier molecular flexibility index (Phi) is 38.0. The zero-order valence-corrected chi connectivity index (χ0v) is 76.9. The number of nitrogens with two attached hydrogens (primary N) is 3. The van der Waals surface area contributed by atoms with Crippen molar-refractivity contribution < 1.29 is 91.7 Å². The van der Waals surface area contributed by atoms with Gasteiger partial charge in [0, 0.05) is 99.9 Å². The van der Waals surface area contributed by atoms with Gasteiger partial charge >= 0.3 is 0 Å². The largest absolute Gasteiger partial charge is 0.508 e. The molecule has 0 radical (unpaired) electrons. The molecular formula is C90H130N20O19S. The summed E-state index contributed by atoms with van der Waals surface area (Å²) in [7, 11) is 4.03. The van der Waals surface area contributed by atoms with Crippen LogP contribution in [0.3, 0.4) is 0 Å². The smallest absolute Gasteiger partial charge is 0.246 e.